The standard InChI is InChI=1S/C14H22N2O/c1-3-16(8-9-17-2)14-11-15-10-12-6-4-5-7-13(12)14/h4-7,14-15H,3,8-11H2,1-2H3. The molecule has 0 radical (unpaired) electrons. The van der Waals surface area contributed by atoms with E-state index < -0.39 is 0 Å². The average Bonchev–Trinajstić information content (AvgIpc) is 2.40. The van der Waals surface area contributed by atoms with Crippen LogP contribution in [0.25, 0.3) is 0 Å². The second-order valence-electron chi connectivity index (χ2n) is 4.47. The summed E-state index contributed by atoms with van der Waals surface area (Å²) in [6.07, 6.45) is 0. The van der Waals surface area contributed by atoms with E-state index in [4.69, 9.17) is 4.74 Å². The second-order valence-corrected chi connectivity index (χ2v) is 4.47. The maximum atomic E-state index is 5.19. The summed E-state index contributed by atoms with van der Waals surface area (Å²) in [5.41, 5.74) is 2.91. The van der Waals surface area contributed by atoms with Gasteiger partial charge in [-0.3, -0.25) is 4.90 Å². The van der Waals surface area contributed by atoms with Crippen molar-refractivity contribution < 1.29 is 4.74 Å². The van der Waals surface area contributed by atoms with Gasteiger partial charge in [-0.05, 0) is 17.7 Å². The van der Waals surface area contributed by atoms with Gasteiger partial charge in [-0.25, -0.2) is 0 Å². The Balaban J connectivity index is 2.15. The molecule has 3 heteroatoms. The largest absolute Gasteiger partial charge is 0.383 e. The third-order valence-electron chi connectivity index (χ3n) is 3.50. The van der Waals surface area contributed by atoms with Crippen LogP contribution >= 0.6 is 0 Å². The Bertz CT molecular complexity index is 354. The molecule has 94 valence electrons. The molecule has 2 rings (SSSR count). The van der Waals surface area contributed by atoms with Crippen LogP contribution in [0.15, 0.2) is 24.3 Å². The molecule has 1 aromatic rings. The first kappa shape index (κ1) is 12.6. The zero-order valence-corrected chi connectivity index (χ0v) is 10.8. The molecule has 1 atom stereocenters. The van der Waals surface area contributed by atoms with Gasteiger partial charge in [0, 0.05) is 32.8 Å². The van der Waals surface area contributed by atoms with Gasteiger partial charge in [-0.1, -0.05) is 31.2 Å². The molecular weight excluding hydrogens is 212 g/mol. The van der Waals surface area contributed by atoms with Crippen LogP contribution in [0.2, 0.25) is 0 Å². The van der Waals surface area contributed by atoms with Crippen molar-refractivity contribution in [1.82, 2.24) is 10.2 Å². The fourth-order valence-corrected chi connectivity index (χ4v) is 2.54. The van der Waals surface area contributed by atoms with Gasteiger partial charge in [0.05, 0.1) is 6.61 Å². The van der Waals surface area contributed by atoms with E-state index in [1.165, 1.54) is 11.1 Å². The van der Waals surface area contributed by atoms with Crippen LogP contribution < -0.4 is 5.32 Å². The van der Waals surface area contributed by atoms with Crippen LogP contribution in [0, 0.1) is 0 Å². The second kappa shape index (κ2) is 6.15. The zero-order chi connectivity index (χ0) is 12.1. The first-order valence-corrected chi connectivity index (χ1v) is 6.38. The molecule has 1 heterocycles. The minimum absolute atomic E-state index is 0.486. The van der Waals surface area contributed by atoms with Gasteiger partial charge in [0.1, 0.15) is 0 Å². The Morgan fingerprint density at radius 3 is 3.00 bits per heavy atom. The Labute approximate surface area is 104 Å². The van der Waals surface area contributed by atoms with E-state index in [1.807, 2.05) is 0 Å². The Kier molecular flexibility index (Phi) is 4.54. The SMILES string of the molecule is CCN(CCOC)C1CNCc2ccccc21. The highest BCUT2D eigenvalue weighted by Crippen LogP contribution is 2.26. The van der Waals surface area contributed by atoms with Crippen molar-refractivity contribution in [3.63, 3.8) is 0 Å². The summed E-state index contributed by atoms with van der Waals surface area (Å²) in [4.78, 5) is 2.48. The topological polar surface area (TPSA) is 24.5 Å². The fourth-order valence-electron chi connectivity index (χ4n) is 2.54. The molecule has 1 unspecified atom stereocenters. The van der Waals surface area contributed by atoms with Crippen LogP contribution in [0.1, 0.15) is 24.1 Å². The molecule has 0 spiro atoms. The lowest BCUT2D eigenvalue weighted by atomic mass is 9.95. The monoisotopic (exact) mass is 234 g/mol. The van der Waals surface area contributed by atoms with Gasteiger partial charge >= 0.3 is 0 Å². The van der Waals surface area contributed by atoms with E-state index in [2.05, 4.69) is 41.4 Å². The van der Waals surface area contributed by atoms with E-state index in [0.717, 1.165) is 32.8 Å². The number of methoxy groups -OCH3 is 1. The van der Waals surface area contributed by atoms with Crippen molar-refractivity contribution in [2.24, 2.45) is 0 Å². The lowest BCUT2D eigenvalue weighted by Crippen LogP contribution is -2.41. The number of nitrogens with one attached hydrogen (secondary N) is 1. The van der Waals surface area contributed by atoms with Crippen molar-refractivity contribution >= 4 is 0 Å². The van der Waals surface area contributed by atoms with E-state index >= 15 is 0 Å². The van der Waals surface area contributed by atoms with E-state index in [9.17, 15) is 0 Å². The summed E-state index contributed by atoms with van der Waals surface area (Å²) in [6.45, 7) is 7.10. The van der Waals surface area contributed by atoms with E-state index in [0.29, 0.717) is 6.04 Å². The molecule has 0 fully saturated rings. The third-order valence-corrected chi connectivity index (χ3v) is 3.50. The zero-order valence-electron chi connectivity index (χ0n) is 10.8. The number of nitrogens with zero attached hydrogens (tertiary/aromatic N) is 1. The van der Waals surface area contributed by atoms with Crippen LogP contribution in [0.4, 0.5) is 0 Å². The summed E-state index contributed by atoms with van der Waals surface area (Å²) >= 11 is 0. The van der Waals surface area contributed by atoms with E-state index in [1.54, 1.807) is 7.11 Å². The van der Waals surface area contributed by atoms with Gasteiger partial charge in [0.15, 0.2) is 0 Å². The van der Waals surface area contributed by atoms with Gasteiger partial charge in [-0.15, -0.1) is 0 Å². The summed E-state index contributed by atoms with van der Waals surface area (Å²) < 4.78 is 5.19. The Morgan fingerprint density at radius 2 is 2.24 bits per heavy atom. The highest BCUT2D eigenvalue weighted by Gasteiger charge is 2.23. The number of benzene rings is 1. The van der Waals surface area contributed by atoms with Crippen molar-refractivity contribution in [1.29, 1.82) is 0 Å². The number of rotatable bonds is 5. The fraction of sp³-hybridized carbons (Fsp3) is 0.571. The molecule has 3 nitrogen and oxygen atoms in total. The summed E-state index contributed by atoms with van der Waals surface area (Å²) in [7, 11) is 1.76. The minimum Gasteiger partial charge on any atom is -0.383 e. The first-order valence-electron chi connectivity index (χ1n) is 6.38. The molecule has 1 aliphatic rings. The van der Waals surface area contributed by atoms with Crippen molar-refractivity contribution in [2.45, 2.75) is 19.5 Å². The molecular formula is C14H22N2O. The maximum absolute atomic E-state index is 5.19. The quantitative estimate of drug-likeness (QED) is 0.841. The number of ether oxygens (including phenoxy) is 1. The third kappa shape index (κ3) is 2.86. The summed E-state index contributed by atoms with van der Waals surface area (Å²) in [5, 5.41) is 3.50. The first-order chi connectivity index (χ1) is 8.36. The van der Waals surface area contributed by atoms with Gasteiger partial charge < -0.3 is 10.1 Å². The van der Waals surface area contributed by atoms with Gasteiger partial charge in [-0.2, -0.15) is 0 Å². The van der Waals surface area contributed by atoms with Crippen molar-refractivity contribution in [3.05, 3.63) is 35.4 Å². The van der Waals surface area contributed by atoms with E-state index in [-0.39, 0.29) is 0 Å². The molecule has 1 N–H and O–H groups in total. The molecule has 0 bridgehead atoms. The lowest BCUT2D eigenvalue weighted by Gasteiger charge is -2.35. The number of likely N-dealkylation sites (N-methyl/N-ethyl adjacent to an activating group) is 1. The average molecular weight is 234 g/mol. The molecule has 17 heavy (non-hydrogen) atoms. The molecule has 0 amide bonds. The minimum atomic E-state index is 0.486. The normalized spacial score (nSPS) is 19.4. The predicted octanol–water partition coefficient (Wildman–Crippen LogP) is 1.80. The summed E-state index contributed by atoms with van der Waals surface area (Å²) in [5.74, 6) is 0. The summed E-state index contributed by atoms with van der Waals surface area (Å²) in [6, 6.07) is 9.23. The van der Waals surface area contributed by atoms with Crippen LogP contribution in [-0.2, 0) is 11.3 Å². The molecule has 0 aliphatic carbocycles. The number of hydrogen-bond acceptors (Lipinski definition) is 3. The van der Waals surface area contributed by atoms with Crippen molar-refractivity contribution in [3.8, 4) is 0 Å². The molecule has 0 saturated heterocycles. The van der Waals surface area contributed by atoms with Gasteiger partial charge in [0.25, 0.3) is 0 Å². The highest BCUT2D eigenvalue weighted by atomic mass is 16.5. The Hall–Kier alpha value is -0.900. The molecule has 0 saturated carbocycles. The lowest BCUT2D eigenvalue weighted by molar-refractivity contribution is 0.119. The van der Waals surface area contributed by atoms with Crippen LogP contribution in [-0.4, -0.2) is 38.3 Å². The highest BCUT2D eigenvalue weighted by molar-refractivity contribution is 5.32. The maximum Gasteiger partial charge on any atom is 0.0589 e. The Morgan fingerprint density at radius 1 is 1.41 bits per heavy atom. The van der Waals surface area contributed by atoms with Crippen LogP contribution in [0.3, 0.4) is 0 Å². The smallest absolute Gasteiger partial charge is 0.0589 e. The molecule has 1 aliphatic heterocycles. The number of fused-ring (bicyclic) bond motifs is 1. The van der Waals surface area contributed by atoms with Gasteiger partial charge in [0.2, 0.25) is 0 Å². The van der Waals surface area contributed by atoms with Crippen LogP contribution in [0.5, 0.6) is 0 Å². The molecule has 0 aromatic heterocycles. The molecule has 1 aromatic carbocycles. The van der Waals surface area contributed by atoms with Crippen molar-refractivity contribution in [2.75, 3.05) is 33.4 Å². The number of hydrogen-bond donors (Lipinski definition) is 1. The predicted molar refractivity (Wildman–Crippen MR) is 70.0 cm³/mol.